The molecule has 0 saturated heterocycles. The first-order valence-electron chi connectivity index (χ1n) is 7.51. The van der Waals surface area contributed by atoms with E-state index < -0.39 is 0 Å². The molecule has 22 heavy (non-hydrogen) atoms. The number of thiophene rings is 1. The summed E-state index contributed by atoms with van der Waals surface area (Å²) in [5, 5.41) is 14.0. The summed E-state index contributed by atoms with van der Waals surface area (Å²) >= 11 is 1.52. The third-order valence-electron chi connectivity index (χ3n) is 3.94. The van der Waals surface area contributed by atoms with Crippen LogP contribution in [0.5, 0.6) is 0 Å². The van der Waals surface area contributed by atoms with Crippen LogP contribution in [-0.2, 0) is 17.8 Å². The fraction of sp³-hybridized carbons (Fsp3) is 0.278. The molecule has 1 aliphatic carbocycles. The van der Waals surface area contributed by atoms with Crippen molar-refractivity contribution < 1.29 is 9.90 Å². The van der Waals surface area contributed by atoms with Gasteiger partial charge in [-0.3, -0.25) is 4.79 Å². The van der Waals surface area contributed by atoms with Crippen LogP contribution >= 0.6 is 11.3 Å². The van der Waals surface area contributed by atoms with Gasteiger partial charge in [-0.25, -0.2) is 0 Å². The highest BCUT2D eigenvalue weighted by Crippen LogP contribution is 2.29. The minimum absolute atomic E-state index is 0.0371. The van der Waals surface area contributed by atoms with Crippen molar-refractivity contribution in [2.75, 3.05) is 0 Å². The summed E-state index contributed by atoms with van der Waals surface area (Å²) in [7, 11) is 0. The van der Waals surface area contributed by atoms with Gasteiger partial charge in [-0.1, -0.05) is 24.3 Å². The minimum atomic E-state index is -0.0688. The van der Waals surface area contributed by atoms with E-state index in [2.05, 4.69) is 23.5 Å². The van der Waals surface area contributed by atoms with Crippen LogP contribution in [0.3, 0.4) is 0 Å². The molecule has 3 rings (SSSR count). The fourth-order valence-electron chi connectivity index (χ4n) is 2.85. The van der Waals surface area contributed by atoms with Gasteiger partial charge < -0.3 is 10.4 Å². The van der Waals surface area contributed by atoms with Gasteiger partial charge >= 0.3 is 0 Å². The molecule has 1 aromatic carbocycles. The maximum Gasteiger partial charge on any atom is 0.244 e. The van der Waals surface area contributed by atoms with Crippen molar-refractivity contribution in [3.8, 4) is 0 Å². The lowest BCUT2D eigenvalue weighted by Gasteiger charge is -2.25. The van der Waals surface area contributed by atoms with E-state index >= 15 is 0 Å². The molecule has 0 spiro atoms. The second kappa shape index (κ2) is 6.90. The molecule has 0 fully saturated rings. The molecule has 114 valence electrons. The lowest BCUT2D eigenvalue weighted by Crippen LogP contribution is -2.29. The molecule has 2 N–H and O–H groups in total. The highest BCUT2D eigenvalue weighted by atomic mass is 32.1. The van der Waals surface area contributed by atoms with Gasteiger partial charge in [0.25, 0.3) is 0 Å². The monoisotopic (exact) mass is 313 g/mol. The van der Waals surface area contributed by atoms with Crippen molar-refractivity contribution in [1.29, 1.82) is 0 Å². The van der Waals surface area contributed by atoms with E-state index in [-0.39, 0.29) is 18.6 Å². The quantitative estimate of drug-likeness (QED) is 0.849. The van der Waals surface area contributed by atoms with Crippen LogP contribution in [0.2, 0.25) is 0 Å². The number of aryl methyl sites for hydroxylation is 1. The van der Waals surface area contributed by atoms with Gasteiger partial charge in [0.1, 0.15) is 0 Å². The first-order valence-corrected chi connectivity index (χ1v) is 8.39. The smallest absolute Gasteiger partial charge is 0.244 e. The van der Waals surface area contributed by atoms with E-state index in [1.165, 1.54) is 22.5 Å². The molecular formula is C18H19NO2S. The normalized spacial score (nSPS) is 17.4. The van der Waals surface area contributed by atoms with Crippen molar-refractivity contribution in [1.82, 2.24) is 5.32 Å². The summed E-state index contributed by atoms with van der Waals surface area (Å²) in [6.07, 6.45) is 6.57. The van der Waals surface area contributed by atoms with Crippen LogP contribution in [-0.4, -0.2) is 11.0 Å². The molecule has 0 saturated carbocycles. The Hall–Kier alpha value is -1.91. The summed E-state index contributed by atoms with van der Waals surface area (Å²) in [5.41, 5.74) is 3.47. The molecule has 4 heteroatoms. The van der Waals surface area contributed by atoms with E-state index in [1.807, 2.05) is 17.5 Å². The lowest BCUT2D eigenvalue weighted by molar-refractivity contribution is -0.117. The predicted molar refractivity (Wildman–Crippen MR) is 89.5 cm³/mol. The zero-order valence-electron chi connectivity index (χ0n) is 12.3. The van der Waals surface area contributed by atoms with Gasteiger partial charge in [0.05, 0.1) is 12.6 Å². The average Bonchev–Trinajstić information content (AvgIpc) is 3.01. The van der Waals surface area contributed by atoms with Gasteiger partial charge in [0.15, 0.2) is 0 Å². The Bertz CT molecular complexity index is 690. The van der Waals surface area contributed by atoms with Crippen molar-refractivity contribution in [3.05, 3.63) is 63.4 Å². The number of hydrogen-bond donors (Lipinski definition) is 2. The van der Waals surface area contributed by atoms with Gasteiger partial charge in [0.2, 0.25) is 5.91 Å². The van der Waals surface area contributed by atoms with Crippen LogP contribution in [0, 0.1) is 0 Å². The first kappa shape index (κ1) is 15.0. The van der Waals surface area contributed by atoms with Crippen LogP contribution in [0.4, 0.5) is 0 Å². The van der Waals surface area contributed by atoms with Gasteiger partial charge in [-0.05, 0) is 53.5 Å². The number of nitrogens with one attached hydrogen (secondary N) is 1. The molecule has 2 aromatic rings. The highest BCUT2D eigenvalue weighted by molar-refractivity contribution is 7.11. The van der Waals surface area contributed by atoms with Crippen LogP contribution in [0.25, 0.3) is 6.08 Å². The number of hydrogen-bond acceptors (Lipinski definition) is 3. The zero-order valence-corrected chi connectivity index (χ0v) is 13.1. The zero-order chi connectivity index (χ0) is 15.4. The van der Waals surface area contributed by atoms with Gasteiger partial charge in [0, 0.05) is 11.0 Å². The largest absolute Gasteiger partial charge is 0.392 e. The van der Waals surface area contributed by atoms with Crippen molar-refractivity contribution in [2.24, 2.45) is 0 Å². The molecule has 1 heterocycles. The molecule has 3 nitrogen and oxygen atoms in total. The maximum absolute atomic E-state index is 12.1. The number of aliphatic hydroxyl groups is 1. The SMILES string of the molecule is O=C(/C=C/c1cc(CO)cs1)N[C@H]1CCCc2ccccc21. The van der Waals surface area contributed by atoms with Gasteiger partial charge in [-0.15, -0.1) is 11.3 Å². The lowest BCUT2D eigenvalue weighted by atomic mass is 9.88. The van der Waals surface area contributed by atoms with E-state index in [4.69, 9.17) is 5.11 Å². The maximum atomic E-state index is 12.1. The highest BCUT2D eigenvalue weighted by Gasteiger charge is 2.20. The Balaban J connectivity index is 1.65. The van der Waals surface area contributed by atoms with Crippen molar-refractivity contribution in [2.45, 2.75) is 31.9 Å². The van der Waals surface area contributed by atoms with E-state index in [0.717, 1.165) is 29.7 Å². The Morgan fingerprint density at radius 2 is 2.27 bits per heavy atom. The van der Waals surface area contributed by atoms with Crippen LogP contribution in [0.1, 0.15) is 40.5 Å². The van der Waals surface area contributed by atoms with Crippen LogP contribution in [0.15, 0.2) is 41.8 Å². The summed E-state index contributed by atoms with van der Waals surface area (Å²) in [5.74, 6) is -0.0688. The second-order valence-corrected chi connectivity index (χ2v) is 6.44. The number of rotatable bonds is 4. The Morgan fingerprint density at radius 1 is 1.41 bits per heavy atom. The van der Waals surface area contributed by atoms with E-state index in [9.17, 15) is 4.79 Å². The third kappa shape index (κ3) is 3.46. The molecule has 0 radical (unpaired) electrons. The van der Waals surface area contributed by atoms with E-state index in [1.54, 1.807) is 12.2 Å². The predicted octanol–water partition coefficient (Wildman–Crippen LogP) is 3.45. The standard InChI is InChI=1S/C18H19NO2S/c20-11-13-10-15(22-12-13)8-9-18(21)19-17-7-3-5-14-4-1-2-6-16(14)17/h1-2,4,6,8-10,12,17,20H,3,5,7,11H2,(H,19,21)/b9-8+/t17-/m0/s1. The molecule has 0 unspecified atom stereocenters. The van der Waals surface area contributed by atoms with Gasteiger partial charge in [-0.2, -0.15) is 0 Å². The Kier molecular flexibility index (Phi) is 4.71. The van der Waals surface area contributed by atoms with Crippen LogP contribution < -0.4 is 5.32 Å². The number of fused-ring (bicyclic) bond motifs is 1. The molecule has 1 amide bonds. The topological polar surface area (TPSA) is 49.3 Å². The Morgan fingerprint density at radius 3 is 3.09 bits per heavy atom. The van der Waals surface area contributed by atoms with Crippen molar-refractivity contribution in [3.63, 3.8) is 0 Å². The first-order chi connectivity index (χ1) is 10.8. The molecule has 1 aromatic heterocycles. The number of carbonyl (C=O) groups is 1. The molecular weight excluding hydrogens is 294 g/mol. The Labute approximate surface area is 134 Å². The second-order valence-electron chi connectivity index (χ2n) is 5.50. The minimum Gasteiger partial charge on any atom is -0.392 e. The van der Waals surface area contributed by atoms with Crippen molar-refractivity contribution >= 4 is 23.3 Å². The number of carbonyl (C=O) groups excluding carboxylic acids is 1. The number of benzene rings is 1. The summed E-state index contributed by atoms with van der Waals surface area (Å²) in [6, 6.07) is 10.3. The summed E-state index contributed by atoms with van der Waals surface area (Å²) < 4.78 is 0. The summed E-state index contributed by atoms with van der Waals surface area (Å²) in [4.78, 5) is 13.1. The molecule has 0 bridgehead atoms. The fourth-order valence-corrected chi connectivity index (χ4v) is 3.64. The molecule has 1 aliphatic rings. The molecule has 0 aliphatic heterocycles. The molecule has 1 atom stereocenters. The summed E-state index contributed by atoms with van der Waals surface area (Å²) in [6.45, 7) is 0.0371. The van der Waals surface area contributed by atoms with E-state index in [0.29, 0.717) is 0 Å². The number of amides is 1. The third-order valence-corrected chi connectivity index (χ3v) is 4.89. The number of aliphatic hydroxyl groups excluding tert-OH is 1. The average molecular weight is 313 g/mol.